The van der Waals surface area contributed by atoms with Gasteiger partial charge in [0.1, 0.15) is 6.10 Å². The zero-order chi connectivity index (χ0) is 16.5. The van der Waals surface area contributed by atoms with E-state index in [1.54, 1.807) is 0 Å². The SMILES string of the molecule is Cl.O=C(CC1CC2CCC(C1)N2)N1CCOC(c2ccc(Br)cc2)C1. The number of amides is 1. The molecule has 1 N–H and O–H groups in total. The van der Waals surface area contributed by atoms with Crippen molar-refractivity contribution in [1.29, 1.82) is 0 Å². The van der Waals surface area contributed by atoms with Crippen molar-refractivity contribution in [2.45, 2.75) is 50.3 Å². The highest BCUT2D eigenvalue weighted by Crippen LogP contribution is 2.33. The van der Waals surface area contributed by atoms with Crippen LogP contribution in [-0.2, 0) is 9.53 Å². The third kappa shape index (κ3) is 4.57. The molecular formula is C19H26BrClN2O2. The minimum Gasteiger partial charge on any atom is -0.370 e. The summed E-state index contributed by atoms with van der Waals surface area (Å²) in [5.41, 5.74) is 1.15. The van der Waals surface area contributed by atoms with Gasteiger partial charge in [-0.15, -0.1) is 12.4 Å². The number of fused-ring (bicyclic) bond motifs is 2. The van der Waals surface area contributed by atoms with Gasteiger partial charge in [-0.1, -0.05) is 28.1 Å². The fourth-order valence-corrected chi connectivity index (χ4v) is 4.74. The van der Waals surface area contributed by atoms with E-state index in [0.717, 1.165) is 16.6 Å². The standard InChI is InChI=1S/C19H25BrN2O2.ClH/c20-15-3-1-14(2-4-15)18-12-22(7-8-24-18)19(23)11-13-9-16-5-6-17(10-13)21-16;/h1-4,13,16-18,21H,5-12H2;1H. The number of carbonyl (C=O) groups is 1. The number of morpholine rings is 1. The van der Waals surface area contributed by atoms with Crippen LogP contribution in [0.3, 0.4) is 0 Å². The van der Waals surface area contributed by atoms with E-state index >= 15 is 0 Å². The number of benzene rings is 1. The van der Waals surface area contributed by atoms with Crippen molar-refractivity contribution in [3.8, 4) is 0 Å². The lowest BCUT2D eigenvalue weighted by molar-refractivity contribution is -0.140. The van der Waals surface area contributed by atoms with Crippen molar-refractivity contribution in [2.75, 3.05) is 19.7 Å². The molecule has 1 amide bonds. The van der Waals surface area contributed by atoms with E-state index in [-0.39, 0.29) is 18.5 Å². The summed E-state index contributed by atoms with van der Waals surface area (Å²) in [6, 6.07) is 9.53. The minimum absolute atomic E-state index is 0. The lowest BCUT2D eigenvalue weighted by atomic mass is 9.89. The molecule has 0 aliphatic carbocycles. The molecule has 0 aromatic heterocycles. The second kappa shape index (κ2) is 8.38. The molecule has 3 saturated heterocycles. The van der Waals surface area contributed by atoms with Crippen molar-refractivity contribution < 1.29 is 9.53 Å². The molecule has 3 fully saturated rings. The zero-order valence-electron chi connectivity index (χ0n) is 14.3. The summed E-state index contributed by atoms with van der Waals surface area (Å²) < 4.78 is 6.96. The average molecular weight is 430 g/mol. The summed E-state index contributed by atoms with van der Waals surface area (Å²) in [4.78, 5) is 14.8. The first-order chi connectivity index (χ1) is 11.7. The molecule has 6 heteroatoms. The van der Waals surface area contributed by atoms with E-state index in [9.17, 15) is 4.79 Å². The maximum atomic E-state index is 12.8. The minimum atomic E-state index is 0. The van der Waals surface area contributed by atoms with Gasteiger partial charge < -0.3 is 15.0 Å². The lowest BCUT2D eigenvalue weighted by Gasteiger charge is -2.35. The summed E-state index contributed by atoms with van der Waals surface area (Å²) in [6.07, 6.45) is 5.63. The van der Waals surface area contributed by atoms with Gasteiger partial charge in [0, 0.05) is 29.5 Å². The average Bonchev–Trinajstić information content (AvgIpc) is 2.94. The highest BCUT2D eigenvalue weighted by molar-refractivity contribution is 9.10. The van der Waals surface area contributed by atoms with Crippen molar-refractivity contribution in [3.05, 3.63) is 34.3 Å². The summed E-state index contributed by atoms with van der Waals surface area (Å²) >= 11 is 3.46. The van der Waals surface area contributed by atoms with Gasteiger partial charge in [-0.05, 0) is 49.3 Å². The van der Waals surface area contributed by atoms with Gasteiger partial charge in [0.2, 0.25) is 5.91 Å². The van der Waals surface area contributed by atoms with E-state index in [1.807, 2.05) is 17.0 Å². The van der Waals surface area contributed by atoms with Gasteiger partial charge in [-0.25, -0.2) is 0 Å². The van der Waals surface area contributed by atoms with Gasteiger partial charge in [0.25, 0.3) is 0 Å². The van der Waals surface area contributed by atoms with Crippen LogP contribution in [0.4, 0.5) is 0 Å². The molecule has 3 aliphatic rings. The zero-order valence-corrected chi connectivity index (χ0v) is 16.7. The van der Waals surface area contributed by atoms with Gasteiger partial charge in [-0.3, -0.25) is 4.79 Å². The topological polar surface area (TPSA) is 41.6 Å². The van der Waals surface area contributed by atoms with E-state index in [0.29, 0.717) is 43.5 Å². The lowest BCUT2D eigenvalue weighted by Crippen LogP contribution is -2.44. The molecule has 0 radical (unpaired) electrons. The Morgan fingerprint density at radius 1 is 1.20 bits per heavy atom. The second-order valence-electron chi connectivity index (χ2n) is 7.43. The molecule has 0 saturated carbocycles. The molecule has 4 rings (SSSR count). The quantitative estimate of drug-likeness (QED) is 0.797. The number of hydrogen-bond donors (Lipinski definition) is 1. The van der Waals surface area contributed by atoms with E-state index < -0.39 is 0 Å². The van der Waals surface area contributed by atoms with Crippen LogP contribution in [0.2, 0.25) is 0 Å². The Morgan fingerprint density at radius 2 is 1.88 bits per heavy atom. The van der Waals surface area contributed by atoms with Gasteiger partial charge in [0.05, 0.1) is 13.2 Å². The van der Waals surface area contributed by atoms with E-state index in [2.05, 4.69) is 33.4 Å². The highest BCUT2D eigenvalue weighted by atomic mass is 79.9. The van der Waals surface area contributed by atoms with Crippen LogP contribution in [0.25, 0.3) is 0 Å². The number of rotatable bonds is 3. The van der Waals surface area contributed by atoms with Crippen LogP contribution in [0.5, 0.6) is 0 Å². The number of nitrogens with one attached hydrogen (secondary N) is 1. The Balaban J connectivity index is 0.00000182. The van der Waals surface area contributed by atoms with Crippen LogP contribution in [-0.4, -0.2) is 42.6 Å². The predicted octanol–water partition coefficient (Wildman–Crippen LogP) is 3.69. The molecular weight excluding hydrogens is 404 g/mol. The van der Waals surface area contributed by atoms with Crippen LogP contribution in [0.15, 0.2) is 28.7 Å². The van der Waals surface area contributed by atoms with Crippen LogP contribution in [0.1, 0.15) is 43.8 Å². The van der Waals surface area contributed by atoms with Crippen molar-refractivity contribution in [2.24, 2.45) is 5.92 Å². The maximum absolute atomic E-state index is 12.8. The molecule has 1 aromatic carbocycles. The summed E-state index contributed by atoms with van der Waals surface area (Å²) in [5, 5.41) is 3.66. The maximum Gasteiger partial charge on any atom is 0.223 e. The number of nitrogens with zero attached hydrogens (tertiary/aromatic N) is 1. The Labute approximate surface area is 164 Å². The van der Waals surface area contributed by atoms with Crippen LogP contribution in [0, 0.1) is 5.92 Å². The Bertz CT molecular complexity index is 586. The summed E-state index contributed by atoms with van der Waals surface area (Å²) in [7, 11) is 0. The van der Waals surface area contributed by atoms with E-state index in [4.69, 9.17) is 4.74 Å². The number of hydrogen-bond acceptors (Lipinski definition) is 3. The van der Waals surface area contributed by atoms with Crippen molar-refractivity contribution >= 4 is 34.2 Å². The molecule has 2 bridgehead atoms. The molecule has 4 nitrogen and oxygen atoms in total. The number of carbonyl (C=O) groups excluding carboxylic acids is 1. The number of ether oxygens (including phenoxy) is 1. The summed E-state index contributed by atoms with van der Waals surface area (Å²) in [6.45, 7) is 2.03. The van der Waals surface area contributed by atoms with Crippen molar-refractivity contribution in [1.82, 2.24) is 10.2 Å². The highest BCUT2D eigenvalue weighted by Gasteiger charge is 2.35. The van der Waals surface area contributed by atoms with Gasteiger partial charge in [-0.2, -0.15) is 0 Å². The van der Waals surface area contributed by atoms with Crippen LogP contribution >= 0.6 is 28.3 Å². The molecule has 3 heterocycles. The first kappa shape index (κ1) is 19.2. The molecule has 3 aliphatic heterocycles. The Kier molecular flexibility index (Phi) is 6.42. The largest absolute Gasteiger partial charge is 0.370 e. The number of piperidine rings is 1. The third-order valence-corrected chi connectivity index (χ3v) is 6.22. The summed E-state index contributed by atoms with van der Waals surface area (Å²) in [5.74, 6) is 0.872. The Hall–Kier alpha value is -0.620. The molecule has 25 heavy (non-hydrogen) atoms. The third-order valence-electron chi connectivity index (χ3n) is 5.69. The molecule has 138 valence electrons. The predicted molar refractivity (Wildman–Crippen MR) is 104 cm³/mol. The van der Waals surface area contributed by atoms with E-state index in [1.165, 1.54) is 25.7 Å². The molecule has 1 aromatic rings. The van der Waals surface area contributed by atoms with Crippen LogP contribution < -0.4 is 5.32 Å². The van der Waals surface area contributed by atoms with Gasteiger partial charge >= 0.3 is 0 Å². The number of halogens is 2. The Morgan fingerprint density at radius 3 is 2.56 bits per heavy atom. The monoisotopic (exact) mass is 428 g/mol. The molecule has 0 spiro atoms. The fraction of sp³-hybridized carbons (Fsp3) is 0.632. The normalized spacial score (nSPS) is 31.5. The van der Waals surface area contributed by atoms with Crippen molar-refractivity contribution in [3.63, 3.8) is 0 Å². The second-order valence-corrected chi connectivity index (χ2v) is 8.35. The first-order valence-corrected chi connectivity index (χ1v) is 9.87. The van der Waals surface area contributed by atoms with Gasteiger partial charge in [0.15, 0.2) is 0 Å². The molecule has 3 unspecified atom stereocenters. The molecule has 3 atom stereocenters. The first-order valence-electron chi connectivity index (χ1n) is 9.08. The fourth-order valence-electron chi connectivity index (χ4n) is 4.47. The smallest absolute Gasteiger partial charge is 0.223 e.